The molecule has 94 valence electrons. The van der Waals surface area contributed by atoms with Crippen LogP contribution in [-0.2, 0) is 17.8 Å². The van der Waals surface area contributed by atoms with Gasteiger partial charge in [-0.25, -0.2) is 13.5 Å². The van der Waals surface area contributed by atoms with Gasteiger partial charge in [-0.05, 0) is 12.3 Å². The highest BCUT2D eigenvalue weighted by molar-refractivity contribution is 5.76. The minimum absolute atomic E-state index is 0.0108. The predicted molar refractivity (Wildman–Crippen MR) is 55.2 cm³/mol. The first-order chi connectivity index (χ1) is 8.08. The highest BCUT2D eigenvalue weighted by atomic mass is 19.3. The lowest BCUT2D eigenvalue weighted by atomic mass is 10.2. The fourth-order valence-electron chi connectivity index (χ4n) is 1.76. The summed E-state index contributed by atoms with van der Waals surface area (Å²) in [7, 11) is 0. The Bertz CT molecular complexity index is 414. The molecule has 1 aliphatic rings. The van der Waals surface area contributed by atoms with Gasteiger partial charge in [0.05, 0.1) is 6.42 Å². The van der Waals surface area contributed by atoms with Gasteiger partial charge in [0.1, 0.15) is 11.4 Å². The Morgan fingerprint density at radius 2 is 2.24 bits per heavy atom. The molecule has 0 aliphatic heterocycles. The van der Waals surface area contributed by atoms with Gasteiger partial charge >= 0.3 is 0 Å². The van der Waals surface area contributed by atoms with Crippen LogP contribution >= 0.6 is 0 Å². The van der Waals surface area contributed by atoms with E-state index in [4.69, 9.17) is 5.73 Å². The Morgan fingerprint density at radius 1 is 1.53 bits per heavy atom. The molecule has 1 saturated carbocycles. The van der Waals surface area contributed by atoms with Crippen LogP contribution in [0.15, 0.2) is 0 Å². The third-order valence-corrected chi connectivity index (χ3v) is 2.84. The van der Waals surface area contributed by atoms with Crippen molar-refractivity contribution < 1.29 is 13.6 Å². The number of amides is 1. The molecule has 0 spiro atoms. The quantitative estimate of drug-likeness (QED) is 0.812. The second-order valence-electron chi connectivity index (χ2n) is 4.32. The molecule has 1 aliphatic carbocycles. The van der Waals surface area contributed by atoms with Crippen LogP contribution in [0.4, 0.5) is 8.78 Å². The number of rotatable bonds is 6. The van der Waals surface area contributed by atoms with E-state index in [9.17, 15) is 13.6 Å². The predicted octanol–water partition coefficient (Wildman–Crippen LogP) is 1.04. The number of nitrogens with zero attached hydrogens (tertiary/aromatic N) is 3. The highest BCUT2D eigenvalue weighted by Gasteiger charge is 2.25. The molecule has 0 saturated heterocycles. The number of hydrogen-bond donors (Lipinski definition) is 1. The van der Waals surface area contributed by atoms with Crippen LogP contribution in [0.1, 0.15) is 37.1 Å². The third kappa shape index (κ3) is 2.98. The second-order valence-corrected chi connectivity index (χ2v) is 4.32. The molecule has 1 aromatic rings. The summed E-state index contributed by atoms with van der Waals surface area (Å²) in [6, 6.07) is 0. The van der Waals surface area contributed by atoms with Crippen molar-refractivity contribution in [2.75, 3.05) is 0 Å². The Hall–Kier alpha value is -1.53. The van der Waals surface area contributed by atoms with Crippen molar-refractivity contribution in [3.8, 4) is 0 Å². The van der Waals surface area contributed by atoms with E-state index in [1.54, 1.807) is 0 Å². The molecule has 0 bridgehead atoms. The van der Waals surface area contributed by atoms with Gasteiger partial charge in [-0.2, -0.15) is 0 Å². The van der Waals surface area contributed by atoms with E-state index in [0.717, 1.165) is 19.3 Å². The number of aromatic nitrogens is 3. The molecule has 0 radical (unpaired) electrons. The summed E-state index contributed by atoms with van der Waals surface area (Å²) in [5.74, 6) is -0.0505. The zero-order valence-electron chi connectivity index (χ0n) is 9.27. The van der Waals surface area contributed by atoms with E-state index in [2.05, 4.69) is 10.3 Å². The van der Waals surface area contributed by atoms with Gasteiger partial charge in [-0.15, -0.1) is 5.10 Å². The van der Waals surface area contributed by atoms with Crippen molar-refractivity contribution in [3.63, 3.8) is 0 Å². The van der Waals surface area contributed by atoms with Crippen molar-refractivity contribution in [2.24, 2.45) is 11.7 Å². The number of primary amides is 1. The molecule has 1 amide bonds. The van der Waals surface area contributed by atoms with E-state index in [0.29, 0.717) is 12.5 Å². The lowest BCUT2D eigenvalue weighted by Crippen LogP contribution is -2.16. The maximum atomic E-state index is 12.9. The van der Waals surface area contributed by atoms with Crippen molar-refractivity contribution in [1.82, 2.24) is 15.0 Å². The summed E-state index contributed by atoms with van der Waals surface area (Å²) in [6.07, 6.45) is 0.181. The van der Waals surface area contributed by atoms with Gasteiger partial charge in [0.15, 0.2) is 0 Å². The van der Waals surface area contributed by atoms with Crippen LogP contribution in [0.5, 0.6) is 0 Å². The first-order valence-corrected chi connectivity index (χ1v) is 5.56. The van der Waals surface area contributed by atoms with Gasteiger partial charge in [0.25, 0.3) is 6.43 Å². The summed E-state index contributed by atoms with van der Waals surface area (Å²) >= 11 is 0. The normalized spacial score (nSPS) is 15.5. The standard InChI is InChI=1S/C10H14F2N4O/c11-10(12)9-7(5-8(13)17)14-15-16(9)4-3-6-1-2-6/h6,10H,1-5H2,(H2,13,17). The summed E-state index contributed by atoms with van der Waals surface area (Å²) in [5.41, 5.74) is 4.69. The average Bonchev–Trinajstić information content (AvgIpc) is 2.97. The van der Waals surface area contributed by atoms with Gasteiger partial charge < -0.3 is 5.73 Å². The molecule has 17 heavy (non-hydrogen) atoms. The topological polar surface area (TPSA) is 73.8 Å². The van der Waals surface area contributed by atoms with E-state index < -0.39 is 12.3 Å². The van der Waals surface area contributed by atoms with Crippen molar-refractivity contribution in [1.29, 1.82) is 0 Å². The maximum Gasteiger partial charge on any atom is 0.281 e. The maximum absolute atomic E-state index is 12.9. The number of aryl methyl sites for hydroxylation is 1. The van der Waals surface area contributed by atoms with Gasteiger partial charge in [-0.1, -0.05) is 18.1 Å². The smallest absolute Gasteiger partial charge is 0.281 e. The first-order valence-electron chi connectivity index (χ1n) is 5.56. The zero-order chi connectivity index (χ0) is 12.4. The van der Waals surface area contributed by atoms with Crippen molar-refractivity contribution in [2.45, 2.75) is 38.7 Å². The van der Waals surface area contributed by atoms with Crippen LogP contribution in [0.25, 0.3) is 0 Å². The Kier molecular flexibility index (Phi) is 3.35. The summed E-state index contributed by atoms with van der Waals surface area (Å²) in [6.45, 7) is 0.427. The number of halogens is 2. The molecule has 0 aromatic carbocycles. The first kappa shape index (κ1) is 11.9. The molecular formula is C10H14F2N4O. The molecule has 7 heteroatoms. The van der Waals surface area contributed by atoms with Gasteiger partial charge in [0, 0.05) is 6.54 Å². The van der Waals surface area contributed by atoms with Crippen LogP contribution in [0.2, 0.25) is 0 Å². The number of alkyl halides is 2. The lowest BCUT2D eigenvalue weighted by molar-refractivity contribution is -0.117. The Labute approximate surface area is 97.0 Å². The fourth-order valence-corrected chi connectivity index (χ4v) is 1.76. The third-order valence-electron chi connectivity index (χ3n) is 2.84. The van der Waals surface area contributed by atoms with Crippen LogP contribution in [-0.4, -0.2) is 20.9 Å². The average molecular weight is 244 g/mol. The molecule has 1 fully saturated rings. The molecule has 0 atom stereocenters. The van der Waals surface area contributed by atoms with E-state index >= 15 is 0 Å². The van der Waals surface area contributed by atoms with E-state index in [1.165, 1.54) is 4.68 Å². The molecule has 0 unspecified atom stereocenters. The second kappa shape index (κ2) is 4.77. The van der Waals surface area contributed by atoms with Gasteiger partial charge in [-0.3, -0.25) is 4.79 Å². The van der Waals surface area contributed by atoms with Gasteiger partial charge in [0.2, 0.25) is 5.91 Å². The molecular weight excluding hydrogens is 230 g/mol. The monoisotopic (exact) mass is 244 g/mol. The van der Waals surface area contributed by atoms with Crippen LogP contribution in [0, 0.1) is 5.92 Å². The zero-order valence-corrected chi connectivity index (χ0v) is 9.27. The van der Waals surface area contributed by atoms with E-state index in [-0.39, 0.29) is 17.8 Å². The number of hydrogen-bond acceptors (Lipinski definition) is 3. The SMILES string of the molecule is NC(=O)Cc1nnn(CCC2CC2)c1C(F)F. The molecule has 2 rings (SSSR count). The minimum Gasteiger partial charge on any atom is -0.369 e. The van der Waals surface area contributed by atoms with Crippen molar-refractivity contribution >= 4 is 5.91 Å². The highest BCUT2D eigenvalue weighted by Crippen LogP contribution is 2.33. The molecule has 1 heterocycles. The molecule has 2 N–H and O–H groups in total. The Balaban J connectivity index is 2.12. The number of carbonyl (C=O) groups is 1. The summed E-state index contributed by atoms with van der Waals surface area (Å²) in [5, 5.41) is 7.28. The lowest BCUT2D eigenvalue weighted by Gasteiger charge is -2.05. The number of carbonyl (C=O) groups excluding carboxylic acids is 1. The Morgan fingerprint density at radius 3 is 2.76 bits per heavy atom. The fraction of sp³-hybridized carbons (Fsp3) is 0.700. The van der Waals surface area contributed by atoms with E-state index in [1.807, 2.05) is 0 Å². The minimum atomic E-state index is -2.68. The summed E-state index contributed by atoms with van der Waals surface area (Å²) < 4.78 is 26.9. The van der Waals surface area contributed by atoms with Crippen molar-refractivity contribution in [3.05, 3.63) is 11.4 Å². The summed E-state index contributed by atoms with van der Waals surface area (Å²) in [4.78, 5) is 10.7. The largest absolute Gasteiger partial charge is 0.369 e. The van der Waals surface area contributed by atoms with Crippen LogP contribution < -0.4 is 5.73 Å². The molecule has 1 aromatic heterocycles. The number of nitrogens with two attached hydrogens (primary N) is 1. The van der Waals surface area contributed by atoms with Crippen LogP contribution in [0.3, 0.4) is 0 Å². The molecule has 5 nitrogen and oxygen atoms in total.